The first-order chi connectivity index (χ1) is 16.9. The molecule has 0 aromatic heterocycles. The maximum absolute atomic E-state index is 13.8. The zero-order valence-corrected chi connectivity index (χ0v) is 23.2. The van der Waals surface area contributed by atoms with Gasteiger partial charge in [0, 0.05) is 13.1 Å². The average Bonchev–Trinajstić information content (AvgIpc) is 2.81. The fourth-order valence-electron chi connectivity index (χ4n) is 3.82. The molecule has 36 heavy (non-hydrogen) atoms. The van der Waals surface area contributed by atoms with Crippen LogP contribution in [0.1, 0.15) is 43.9 Å². The monoisotopic (exact) mass is 517 g/mol. The molecule has 2 rings (SSSR count). The highest BCUT2D eigenvalue weighted by Crippen LogP contribution is 2.31. The Hall–Kier alpha value is -3.07. The second-order valence-electron chi connectivity index (χ2n) is 9.52. The van der Waals surface area contributed by atoms with Gasteiger partial charge in [0.05, 0.1) is 19.1 Å². The number of aryl methyl sites for hydroxylation is 2. The molecule has 0 unspecified atom stereocenters. The summed E-state index contributed by atoms with van der Waals surface area (Å²) in [5, 5.41) is 2.92. The van der Waals surface area contributed by atoms with Crippen LogP contribution < -0.4 is 14.4 Å². The third kappa shape index (κ3) is 7.98. The van der Waals surface area contributed by atoms with Gasteiger partial charge in [-0.1, -0.05) is 56.7 Å². The van der Waals surface area contributed by atoms with Gasteiger partial charge in [0.15, 0.2) is 0 Å². The summed E-state index contributed by atoms with van der Waals surface area (Å²) in [7, 11) is -2.39. The van der Waals surface area contributed by atoms with Gasteiger partial charge in [-0.3, -0.25) is 13.9 Å². The first kappa shape index (κ1) is 29.2. The van der Waals surface area contributed by atoms with E-state index < -0.39 is 28.5 Å². The van der Waals surface area contributed by atoms with Crippen LogP contribution in [0, 0.1) is 19.8 Å². The fraction of sp³-hybridized carbons (Fsp3) is 0.481. The average molecular weight is 518 g/mol. The molecule has 0 aliphatic rings. The first-order valence-electron chi connectivity index (χ1n) is 12.1. The third-order valence-electron chi connectivity index (χ3n) is 5.83. The molecule has 0 spiro atoms. The van der Waals surface area contributed by atoms with Crippen molar-refractivity contribution >= 4 is 27.5 Å². The molecule has 0 heterocycles. The second-order valence-corrected chi connectivity index (χ2v) is 11.4. The van der Waals surface area contributed by atoms with Crippen molar-refractivity contribution in [3.63, 3.8) is 0 Å². The maximum Gasteiger partial charge on any atom is 0.244 e. The van der Waals surface area contributed by atoms with Crippen LogP contribution in [0.5, 0.6) is 5.75 Å². The predicted molar refractivity (Wildman–Crippen MR) is 144 cm³/mol. The molecule has 0 saturated heterocycles. The molecule has 8 nitrogen and oxygen atoms in total. The van der Waals surface area contributed by atoms with Crippen LogP contribution in [0.15, 0.2) is 42.5 Å². The minimum atomic E-state index is -3.84. The van der Waals surface area contributed by atoms with Crippen molar-refractivity contribution < 1.29 is 22.7 Å². The van der Waals surface area contributed by atoms with Crippen LogP contribution in [-0.4, -0.2) is 57.6 Å². The maximum atomic E-state index is 13.8. The Labute approximate surface area is 215 Å². The number of sulfonamides is 1. The first-order valence-corrected chi connectivity index (χ1v) is 14.0. The molecule has 198 valence electrons. The molecule has 0 radical (unpaired) electrons. The van der Waals surface area contributed by atoms with E-state index in [0.29, 0.717) is 18.7 Å². The number of rotatable bonds is 12. The standard InChI is InChI=1S/C27H39N3O5S/c1-8-23(27(32)28-16-19(2)3)29(17-22-12-9-20(4)10-13-22)26(31)18-30(36(7,33)34)24-15-21(5)11-14-25(24)35-6/h9-15,19,23H,8,16-18H2,1-7H3,(H,28,32)/t23-/m1/s1. The van der Waals surface area contributed by atoms with Gasteiger partial charge in [-0.2, -0.15) is 0 Å². The Balaban J connectivity index is 2.48. The van der Waals surface area contributed by atoms with Crippen LogP contribution in [0.2, 0.25) is 0 Å². The quantitative estimate of drug-likeness (QED) is 0.464. The molecule has 0 bridgehead atoms. The summed E-state index contributed by atoms with van der Waals surface area (Å²) in [6.07, 6.45) is 1.44. The Morgan fingerprint density at radius 3 is 2.17 bits per heavy atom. The molecule has 1 N–H and O–H groups in total. The van der Waals surface area contributed by atoms with E-state index >= 15 is 0 Å². The van der Waals surface area contributed by atoms with Crippen molar-refractivity contribution in [2.45, 2.75) is 53.6 Å². The summed E-state index contributed by atoms with van der Waals surface area (Å²) in [5.41, 5.74) is 3.03. The van der Waals surface area contributed by atoms with Crippen molar-refractivity contribution in [1.29, 1.82) is 0 Å². The largest absolute Gasteiger partial charge is 0.495 e. The number of nitrogens with one attached hydrogen (secondary N) is 1. The summed E-state index contributed by atoms with van der Waals surface area (Å²) >= 11 is 0. The van der Waals surface area contributed by atoms with Crippen LogP contribution in [-0.2, 0) is 26.2 Å². The number of methoxy groups -OCH3 is 1. The fourth-order valence-corrected chi connectivity index (χ4v) is 4.67. The van der Waals surface area contributed by atoms with E-state index in [1.165, 1.54) is 12.0 Å². The summed E-state index contributed by atoms with van der Waals surface area (Å²) in [4.78, 5) is 28.4. The Morgan fingerprint density at radius 2 is 1.64 bits per heavy atom. The van der Waals surface area contributed by atoms with Gasteiger partial charge >= 0.3 is 0 Å². The normalized spacial score (nSPS) is 12.2. The minimum absolute atomic E-state index is 0.176. The highest BCUT2D eigenvalue weighted by Gasteiger charge is 2.32. The van der Waals surface area contributed by atoms with E-state index in [4.69, 9.17) is 4.74 Å². The Kier molecular flexibility index (Phi) is 10.3. The van der Waals surface area contributed by atoms with Gasteiger partial charge < -0.3 is 15.0 Å². The topological polar surface area (TPSA) is 96.0 Å². The van der Waals surface area contributed by atoms with Crippen molar-refractivity contribution in [3.05, 3.63) is 59.2 Å². The molecule has 0 saturated carbocycles. The zero-order chi connectivity index (χ0) is 27.0. The molecule has 9 heteroatoms. The van der Waals surface area contributed by atoms with Crippen LogP contribution >= 0.6 is 0 Å². The lowest BCUT2D eigenvalue weighted by Crippen LogP contribution is -2.52. The smallest absolute Gasteiger partial charge is 0.244 e. The molecule has 0 aliphatic carbocycles. The Morgan fingerprint density at radius 1 is 1.03 bits per heavy atom. The molecule has 2 aromatic carbocycles. The number of anilines is 1. The van der Waals surface area contributed by atoms with E-state index in [9.17, 15) is 18.0 Å². The van der Waals surface area contributed by atoms with Crippen LogP contribution in [0.25, 0.3) is 0 Å². The molecule has 0 fully saturated rings. The van der Waals surface area contributed by atoms with Crippen molar-refractivity contribution in [2.24, 2.45) is 5.92 Å². The van der Waals surface area contributed by atoms with Gasteiger partial charge in [-0.15, -0.1) is 0 Å². The number of amides is 2. The van der Waals surface area contributed by atoms with Crippen LogP contribution in [0.4, 0.5) is 5.69 Å². The number of benzene rings is 2. The van der Waals surface area contributed by atoms with Gasteiger partial charge in [-0.25, -0.2) is 8.42 Å². The van der Waals surface area contributed by atoms with Crippen molar-refractivity contribution in [1.82, 2.24) is 10.2 Å². The highest BCUT2D eigenvalue weighted by molar-refractivity contribution is 7.92. The van der Waals surface area contributed by atoms with Gasteiger partial charge in [0.2, 0.25) is 21.8 Å². The molecule has 2 amide bonds. The number of carbonyl (C=O) groups is 2. The summed E-state index contributed by atoms with van der Waals surface area (Å²) < 4.78 is 32.1. The molecule has 0 aliphatic heterocycles. The number of carbonyl (C=O) groups excluding carboxylic acids is 2. The predicted octanol–water partition coefficient (Wildman–Crippen LogP) is 3.66. The Bertz CT molecular complexity index is 1150. The summed E-state index contributed by atoms with van der Waals surface area (Å²) in [6, 6.07) is 12.1. The van der Waals surface area contributed by atoms with Gasteiger partial charge in [0.1, 0.15) is 18.3 Å². The lowest BCUT2D eigenvalue weighted by atomic mass is 10.1. The van der Waals surface area contributed by atoms with Crippen LogP contribution in [0.3, 0.4) is 0 Å². The summed E-state index contributed by atoms with van der Waals surface area (Å²) in [5.74, 6) is -0.144. The van der Waals surface area contributed by atoms with E-state index in [-0.39, 0.29) is 24.1 Å². The van der Waals surface area contributed by atoms with Gasteiger partial charge in [0.25, 0.3) is 0 Å². The number of hydrogen-bond donors (Lipinski definition) is 1. The number of hydrogen-bond acceptors (Lipinski definition) is 5. The van der Waals surface area contributed by atoms with Gasteiger partial charge in [-0.05, 0) is 49.4 Å². The second kappa shape index (κ2) is 12.8. The van der Waals surface area contributed by atoms with E-state index in [2.05, 4.69) is 5.32 Å². The number of ether oxygens (including phenoxy) is 1. The van der Waals surface area contributed by atoms with E-state index in [1.54, 1.807) is 18.2 Å². The molecular weight excluding hydrogens is 478 g/mol. The van der Waals surface area contributed by atoms with E-state index in [0.717, 1.165) is 27.3 Å². The minimum Gasteiger partial charge on any atom is -0.495 e. The molecule has 1 atom stereocenters. The van der Waals surface area contributed by atoms with Crippen molar-refractivity contribution in [2.75, 3.05) is 30.8 Å². The third-order valence-corrected chi connectivity index (χ3v) is 6.95. The number of nitrogens with zero attached hydrogens (tertiary/aromatic N) is 2. The highest BCUT2D eigenvalue weighted by atomic mass is 32.2. The summed E-state index contributed by atoms with van der Waals surface area (Å²) in [6.45, 7) is 9.84. The van der Waals surface area contributed by atoms with E-state index in [1.807, 2.05) is 58.9 Å². The van der Waals surface area contributed by atoms with Crippen molar-refractivity contribution in [3.8, 4) is 5.75 Å². The molecular formula is C27H39N3O5S. The SMILES string of the molecule is CC[C@H](C(=O)NCC(C)C)N(Cc1ccc(C)cc1)C(=O)CN(c1cc(C)ccc1OC)S(C)(=O)=O. The zero-order valence-electron chi connectivity index (χ0n) is 22.4. The lowest BCUT2D eigenvalue weighted by molar-refractivity contribution is -0.140. The molecule has 2 aromatic rings. The lowest BCUT2D eigenvalue weighted by Gasteiger charge is -2.33.